The summed E-state index contributed by atoms with van der Waals surface area (Å²) in [7, 11) is 0. The van der Waals surface area contributed by atoms with Crippen LogP contribution in [0.2, 0.25) is 5.02 Å². The SMILES string of the molecule is Cc1ccc(/C=C/C(=O)OCC(=O)NC2(C#N)CCCCC2)cc1Cl. The number of aryl methyl sites for hydroxylation is 1. The summed E-state index contributed by atoms with van der Waals surface area (Å²) in [6, 6.07) is 7.62. The number of hydrogen-bond acceptors (Lipinski definition) is 4. The van der Waals surface area contributed by atoms with Gasteiger partial charge in [-0.25, -0.2) is 4.79 Å². The predicted octanol–water partition coefficient (Wildman–Crippen LogP) is 3.55. The van der Waals surface area contributed by atoms with E-state index in [2.05, 4.69) is 11.4 Å². The van der Waals surface area contributed by atoms with Crippen molar-refractivity contribution < 1.29 is 14.3 Å². The van der Waals surface area contributed by atoms with Crippen molar-refractivity contribution in [2.75, 3.05) is 6.61 Å². The van der Waals surface area contributed by atoms with Gasteiger partial charge in [-0.15, -0.1) is 0 Å². The lowest BCUT2D eigenvalue weighted by atomic mass is 9.83. The Hall–Kier alpha value is -2.32. The molecule has 1 aromatic rings. The monoisotopic (exact) mass is 360 g/mol. The number of amides is 1. The Morgan fingerprint density at radius 3 is 2.72 bits per heavy atom. The lowest BCUT2D eigenvalue weighted by Crippen LogP contribution is -2.49. The number of nitrogens with zero attached hydrogens (tertiary/aromatic N) is 1. The smallest absolute Gasteiger partial charge is 0.331 e. The molecule has 0 aromatic heterocycles. The molecular weight excluding hydrogens is 340 g/mol. The molecule has 0 aliphatic heterocycles. The highest BCUT2D eigenvalue weighted by Crippen LogP contribution is 2.27. The first kappa shape index (κ1) is 19.0. The molecule has 0 saturated heterocycles. The molecule has 2 rings (SSSR count). The fraction of sp³-hybridized carbons (Fsp3) is 0.421. The zero-order chi connectivity index (χ0) is 18.3. The first-order valence-electron chi connectivity index (χ1n) is 8.27. The third kappa shape index (κ3) is 5.61. The van der Waals surface area contributed by atoms with E-state index in [1.54, 1.807) is 12.1 Å². The number of hydrogen-bond donors (Lipinski definition) is 1. The van der Waals surface area contributed by atoms with E-state index < -0.39 is 24.0 Å². The van der Waals surface area contributed by atoms with Gasteiger partial charge >= 0.3 is 5.97 Å². The van der Waals surface area contributed by atoms with Crippen LogP contribution >= 0.6 is 11.6 Å². The summed E-state index contributed by atoms with van der Waals surface area (Å²) in [6.45, 7) is 1.49. The Morgan fingerprint density at radius 2 is 2.08 bits per heavy atom. The zero-order valence-corrected chi connectivity index (χ0v) is 14.9. The van der Waals surface area contributed by atoms with Crippen molar-refractivity contribution in [2.24, 2.45) is 0 Å². The highest BCUT2D eigenvalue weighted by Gasteiger charge is 2.33. The highest BCUT2D eigenvalue weighted by molar-refractivity contribution is 6.31. The minimum Gasteiger partial charge on any atom is -0.452 e. The predicted molar refractivity (Wildman–Crippen MR) is 95.8 cm³/mol. The maximum atomic E-state index is 12.0. The fourth-order valence-electron chi connectivity index (χ4n) is 2.78. The second-order valence-electron chi connectivity index (χ2n) is 6.25. The molecule has 0 atom stereocenters. The molecule has 1 N–H and O–H groups in total. The van der Waals surface area contributed by atoms with Gasteiger partial charge in [-0.2, -0.15) is 5.26 Å². The number of rotatable bonds is 5. The van der Waals surface area contributed by atoms with Crippen LogP contribution in [0.4, 0.5) is 0 Å². The Bertz CT molecular complexity index is 716. The van der Waals surface area contributed by atoms with Crippen molar-refractivity contribution in [3.05, 3.63) is 40.4 Å². The van der Waals surface area contributed by atoms with Crippen LogP contribution in [0, 0.1) is 18.3 Å². The topological polar surface area (TPSA) is 79.2 Å². The average molecular weight is 361 g/mol. The number of esters is 1. The second-order valence-corrected chi connectivity index (χ2v) is 6.66. The van der Waals surface area contributed by atoms with Crippen LogP contribution in [0.15, 0.2) is 24.3 Å². The molecule has 6 heteroatoms. The summed E-state index contributed by atoms with van der Waals surface area (Å²) in [5.74, 6) is -1.08. The molecule has 0 heterocycles. The van der Waals surface area contributed by atoms with Gasteiger partial charge in [0.05, 0.1) is 6.07 Å². The number of carbonyl (C=O) groups excluding carboxylic acids is 2. The zero-order valence-electron chi connectivity index (χ0n) is 14.2. The number of ether oxygens (including phenoxy) is 1. The number of carbonyl (C=O) groups is 2. The van der Waals surface area contributed by atoms with Crippen LogP contribution in [-0.4, -0.2) is 24.0 Å². The van der Waals surface area contributed by atoms with E-state index in [9.17, 15) is 14.9 Å². The number of benzene rings is 1. The highest BCUT2D eigenvalue weighted by atomic mass is 35.5. The third-order valence-electron chi connectivity index (χ3n) is 4.25. The molecule has 25 heavy (non-hydrogen) atoms. The fourth-order valence-corrected chi connectivity index (χ4v) is 2.97. The molecule has 1 fully saturated rings. The van der Waals surface area contributed by atoms with Crippen molar-refractivity contribution in [3.63, 3.8) is 0 Å². The van der Waals surface area contributed by atoms with E-state index in [4.69, 9.17) is 16.3 Å². The third-order valence-corrected chi connectivity index (χ3v) is 4.66. The van der Waals surface area contributed by atoms with Gasteiger partial charge in [-0.1, -0.05) is 43.0 Å². The van der Waals surface area contributed by atoms with Crippen molar-refractivity contribution >= 4 is 29.6 Å². The van der Waals surface area contributed by atoms with Gasteiger partial charge in [0.2, 0.25) is 0 Å². The lowest BCUT2D eigenvalue weighted by molar-refractivity contribution is -0.144. The van der Waals surface area contributed by atoms with Gasteiger partial charge in [-0.3, -0.25) is 4.79 Å². The normalized spacial score (nSPS) is 16.2. The van der Waals surface area contributed by atoms with Crippen molar-refractivity contribution in [1.82, 2.24) is 5.32 Å². The molecule has 0 bridgehead atoms. The quantitative estimate of drug-likeness (QED) is 0.643. The molecule has 0 spiro atoms. The van der Waals surface area contributed by atoms with E-state index in [-0.39, 0.29) is 0 Å². The summed E-state index contributed by atoms with van der Waals surface area (Å²) >= 11 is 6.02. The van der Waals surface area contributed by atoms with Gasteiger partial charge in [0.15, 0.2) is 6.61 Å². The van der Waals surface area contributed by atoms with Gasteiger partial charge in [0.1, 0.15) is 5.54 Å². The summed E-state index contributed by atoms with van der Waals surface area (Å²) < 4.78 is 4.93. The molecule has 132 valence electrons. The molecule has 5 nitrogen and oxygen atoms in total. The van der Waals surface area contributed by atoms with Crippen molar-refractivity contribution in [1.29, 1.82) is 5.26 Å². The molecule has 1 amide bonds. The minimum absolute atomic E-state index is 0.402. The Labute approximate surface area is 152 Å². The average Bonchev–Trinajstić information content (AvgIpc) is 2.61. The van der Waals surface area contributed by atoms with E-state index in [1.165, 1.54) is 6.08 Å². The summed E-state index contributed by atoms with van der Waals surface area (Å²) in [6.07, 6.45) is 6.99. The van der Waals surface area contributed by atoms with E-state index >= 15 is 0 Å². The van der Waals surface area contributed by atoms with Gasteiger partial charge in [0, 0.05) is 11.1 Å². The van der Waals surface area contributed by atoms with Gasteiger partial charge in [-0.05, 0) is 43.0 Å². The van der Waals surface area contributed by atoms with Crippen LogP contribution in [0.1, 0.15) is 43.2 Å². The Balaban J connectivity index is 1.82. The van der Waals surface area contributed by atoms with E-state index in [0.29, 0.717) is 17.9 Å². The molecule has 0 radical (unpaired) electrons. The summed E-state index contributed by atoms with van der Waals surface area (Å²) in [5, 5.41) is 12.6. The van der Waals surface area contributed by atoms with Gasteiger partial charge in [0.25, 0.3) is 5.91 Å². The second kappa shape index (κ2) is 8.68. The molecule has 1 aliphatic carbocycles. The first-order valence-corrected chi connectivity index (χ1v) is 8.65. The summed E-state index contributed by atoms with van der Waals surface area (Å²) in [5.41, 5.74) is 0.894. The van der Waals surface area contributed by atoms with E-state index in [1.807, 2.05) is 19.1 Å². The summed E-state index contributed by atoms with van der Waals surface area (Å²) in [4.78, 5) is 23.7. The number of nitriles is 1. The van der Waals surface area contributed by atoms with Crippen molar-refractivity contribution in [2.45, 2.75) is 44.6 Å². The number of nitrogens with one attached hydrogen (secondary N) is 1. The van der Waals surface area contributed by atoms with Crippen LogP contribution < -0.4 is 5.32 Å². The lowest BCUT2D eigenvalue weighted by Gasteiger charge is -2.31. The van der Waals surface area contributed by atoms with Crippen LogP contribution in [-0.2, 0) is 14.3 Å². The Kier molecular flexibility index (Phi) is 6.60. The molecule has 1 saturated carbocycles. The molecular formula is C19H21ClN2O3. The van der Waals surface area contributed by atoms with E-state index in [0.717, 1.165) is 30.4 Å². The molecule has 1 aliphatic rings. The Morgan fingerprint density at radius 1 is 1.36 bits per heavy atom. The van der Waals surface area contributed by atoms with Crippen LogP contribution in [0.25, 0.3) is 6.08 Å². The maximum absolute atomic E-state index is 12.0. The molecule has 0 unspecified atom stereocenters. The van der Waals surface area contributed by atoms with Crippen LogP contribution in [0.5, 0.6) is 0 Å². The van der Waals surface area contributed by atoms with Gasteiger partial charge < -0.3 is 10.1 Å². The van der Waals surface area contributed by atoms with Crippen molar-refractivity contribution in [3.8, 4) is 6.07 Å². The number of halogens is 1. The largest absolute Gasteiger partial charge is 0.452 e. The molecule has 1 aromatic carbocycles. The first-order chi connectivity index (χ1) is 11.9. The standard InChI is InChI=1S/C19H21ClN2O3/c1-14-5-6-15(11-16(14)20)7-8-18(24)25-12-17(23)22-19(13-21)9-3-2-4-10-19/h5-8,11H,2-4,9-10,12H2,1H3,(H,22,23)/b8-7+. The minimum atomic E-state index is -0.823. The van der Waals surface area contributed by atoms with Crippen LogP contribution in [0.3, 0.4) is 0 Å². The maximum Gasteiger partial charge on any atom is 0.331 e.